The smallest absolute Gasteiger partial charge is 0.307 e. The number of anilines is 1. The van der Waals surface area contributed by atoms with Gasteiger partial charge in [-0.15, -0.1) is 0 Å². The predicted octanol–water partition coefficient (Wildman–Crippen LogP) is 3.41. The minimum atomic E-state index is -3.47. The molecule has 1 atom stereocenters. The van der Waals surface area contributed by atoms with Gasteiger partial charge in [0.2, 0.25) is 10.0 Å². The third-order valence-corrected chi connectivity index (χ3v) is 5.49. The van der Waals surface area contributed by atoms with Crippen LogP contribution < -0.4 is 10.0 Å². The summed E-state index contributed by atoms with van der Waals surface area (Å²) in [7, 11) is -3.47. The molecule has 0 radical (unpaired) electrons. The van der Waals surface area contributed by atoms with Gasteiger partial charge in [0.1, 0.15) is 5.82 Å². The molecule has 1 heterocycles. The summed E-state index contributed by atoms with van der Waals surface area (Å²) in [6.07, 6.45) is 2.74. The first-order valence-corrected chi connectivity index (χ1v) is 12.7. The molecule has 0 saturated carbocycles. The number of esters is 1. The van der Waals surface area contributed by atoms with Gasteiger partial charge in [-0.05, 0) is 42.2 Å². The van der Waals surface area contributed by atoms with Crippen LogP contribution >= 0.6 is 0 Å². The van der Waals surface area contributed by atoms with E-state index in [1.165, 1.54) is 18.3 Å². The molecule has 1 aromatic heterocycles. The summed E-state index contributed by atoms with van der Waals surface area (Å²) in [5.74, 6) is -0.714. The largest absolute Gasteiger partial charge is 0.466 e. The van der Waals surface area contributed by atoms with Crippen molar-refractivity contribution in [3.05, 3.63) is 84.1 Å². The third kappa shape index (κ3) is 7.70. The van der Waals surface area contributed by atoms with Crippen LogP contribution in [-0.2, 0) is 26.0 Å². The molecule has 8 nitrogen and oxygen atoms in total. The van der Waals surface area contributed by atoms with E-state index in [-0.39, 0.29) is 24.4 Å². The van der Waals surface area contributed by atoms with Gasteiger partial charge in [0, 0.05) is 12.2 Å². The average Bonchev–Trinajstić information content (AvgIpc) is 2.79. The number of sulfonamides is 1. The molecule has 0 unspecified atom stereocenters. The summed E-state index contributed by atoms with van der Waals surface area (Å²) >= 11 is 0. The van der Waals surface area contributed by atoms with Crippen molar-refractivity contribution in [3.8, 4) is 11.1 Å². The summed E-state index contributed by atoms with van der Waals surface area (Å²) in [5.41, 5.74) is 3.38. The first-order chi connectivity index (χ1) is 16.2. The van der Waals surface area contributed by atoms with Gasteiger partial charge in [-0.2, -0.15) is 0 Å². The van der Waals surface area contributed by atoms with Gasteiger partial charge >= 0.3 is 5.97 Å². The highest BCUT2D eigenvalue weighted by atomic mass is 32.2. The Morgan fingerprint density at radius 2 is 1.65 bits per heavy atom. The van der Waals surface area contributed by atoms with Gasteiger partial charge in [0.15, 0.2) is 0 Å². The second-order valence-electron chi connectivity index (χ2n) is 7.75. The van der Waals surface area contributed by atoms with Gasteiger partial charge in [-0.1, -0.05) is 54.6 Å². The van der Waals surface area contributed by atoms with Crippen LogP contribution in [0.1, 0.15) is 29.3 Å². The lowest BCUT2D eigenvalue weighted by molar-refractivity contribution is -0.143. The van der Waals surface area contributed by atoms with Gasteiger partial charge in [-0.25, -0.2) is 13.4 Å². The number of ether oxygens (including phenoxy) is 1. The number of hydrogen-bond acceptors (Lipinski definition) is 6. The Hall–Kier alpha value is -3.72. The Balaban J connectivity index is 1.71. The van der Waals surface area contributed by atoms with E-state index >= 15 is 0 Å². The second kappa shape index (κ2) is 11.4. The SMILES string of the molecule is CCOC(=O)C[C@@H](Cc1ccc(-c2ccccc2)cc1)NC(=O)c1ccc(NS(C)(=O)=O)nc1. The number of nitrogens with one attached hydrogen (secondary N) is 2. The highest BCUT2D eigenvalue weighted by Crippen LogP contribution is 2.20. The minimum absolute atomic E-state index is 0.0150. The molecular weight excluding hydrogens is 454 g/mol. The molecule has 0 fully saturated rings. The predicted molar refractivity (Wildman–Crippen MR) is 131 cm³/mol. The van der Waals surface area contributed by atoms with E-state index < -0.39 is 27.9 Å². The van der Waals surface area contributed by atoms with Crippen molar-refractivity contribution >= 4 is 27.7 Å². The normalized spacial score (nSPS) is 11.9. The van der Waals surface area contributed by atoms with Crippen molar-refractivity contribution in [2.45, 2.75) is 25.8 Å². The number of benzene rings is 2. The van der Waals surface area contributed by atoms with E-state index in [1.54, 1.807) is 6.92 Å². The van der Waals surface area contributed by atoms with Crippen LogP contribution in [0, 0.1) is 0 Å². The number of amides is 1. The quantitative estimate of drug-likeness (QED) is 0.429. The molecule has 0 bridgehead atoms. The zero-order chi connectivity index (χ0) is 24.6. The van der Waals surface area contributed by atoms with Crippen LogP contribution in [-0.4, -0.2) is 44.2 Å². The van der Waals surface area contributed by atoms with Crippen LogP contribution in [0.15, 0.2) is 72.9 Å². The topological polar surface area (TPSA) is 114 Å². The molecule has 0 spiro atoms. The minimum Gasteiger partial charge on any atom is -0.466 e. The maximum absolute atomic E-state index is 12.8. The molecule has 34 heavy (non-hydrogen) atoms. The molecule has 178 valence electrons. The third-order valence-electron chi connectivity index (χ3n) is 4.91. The fraction of sp³-hybridized carbons (Fsp3) is 0.240. The van der Waals surface area contributed by atoms with E-state index in [0.29, 0.717) is 6.42 Å². The Morgan fingerprint density at radius 3 is 2.24 bits per heavy atom. The van der Waals surface area contributed by atoms with Gasteiger partial charge in [-0.3, -0.25) is 14.3 Å². The lowest BCUT2D eigenvalue weighted by Gasteiger charge is -2.18. The van der Waals surface area contributed by atoms with Crippen LogP contribution in [0.4, 0.5) is 5.82 Å². The van der Waals surface area contributed by atoms with Crippen molar-refractivity contribution in [2.24, 2.45) is 0 Å². The molecule has 3 aromatic rings. The molecule has 2 aromatic carbocycles. The van der Waals surface area contributed by atoms with Crippen molar-refractivity contribution < 1.29 is 22.7 Å². The summed E-state index contributed by atoms with van der Waals surface area (Å²) in [5, 5.41) is 2.87. The number of aromatic nitrogens is 1. The molecule has 1 amide bonds. The lowest BCUT2D eigenvalue weighted by atomic mass is 9.99. The Bertz CT molecular complexity index is 1210. The number of nitrogens with zero attached hydrogens (tertiary/aromatic N) is 1. The average molecular weight is 482 g/mol. The zero-order valence-corrected chi connectivity index (χ0v) is 19.8. The van der Waals surface area contributed by atoms with Gasteiger partial charge in [0.05, 0.1) is 24.8 Å². The number of hydrogen-bond donors (Lipinski definition) is 2. The highest BCUT2D eigenvalue weighted by Gasteiger charge is 2.19. The summed E-state index contributed by atoms with van der Waals surface area (Å²) in [6.45, 7) is 1.98. The standard InChI is InChI=1S/C25H27N3O5S/c1-3-33-24(29)16-22(15-18-9-11-20(12-10-18)19-7-5-4-6-8-19)27-25(30)21-13-14-23(26-17-21)28-34(2,31)32/h4-14,17,22H,3,15-16H2,1-2H3,(H,26,28)(H,27,30)/t22-/m1/s1. The van der Waals surface area contributed by atoms with Gasteiger partial charge < -0.3 is 10.1 Å². The van der Waals surface area contributed by atoms with Crippen molar-refractivity contribution in [2.75, 3.05) is 17.6 Å². The molecule has 0 aliphatic carbocycles. The molecule has 2 N–H and O–H groups in total. The van der Waals surface area contributed by atoms with Crippen LogP contribution in [0.2, 0.25) is 0 Å². The van der Waals surface area contributed by atoms with E-state index in [4.69, 9.17) is 4.74 Å². The van der Waals surface area contributed by atoms with E-state index in [0.717, 1.165) is 22.9 Å². The lowest BCUT2D eigenvalue weighted by Crippen LogP contribution is -2.38. The first-order valence-electron chi connectivity index (χ1n) is 10.8. The van der Waals surface area contributed by atoms with Crippen molar-refractivity contribution in [1.29, 1.82) is 0 Å². The Kier molecular flexibility index (Phi) is 8.37. The van der Waals surface area contributed by atoms with Gasteiger partial charge in [0.25, 0.3) is 5.91 Å². The Labute approximate surface area is 199 Å². The fourth-order valence-corrected chi connectivity index (χ4v) is 3.89. The number of carbonyl (C=O) groups is 2. The van der Waals surface area contributed by atoms with Crippen molar-refractivity contribution in [1.82, 2.24) is 10.3 Å². The molecule has 0 aliphatic heterocycles. The van der Waals surface area contributed by atoms with Crippen LogP contribution in [0.25, 0.3) is 11.1 Å². The molecule has 9 heteroatoms. The fourth-order valence-electron chi connectivity index (χ4n) is 3.39. The first kappa shape index (κ1) is 24.9. The summed E-state index contributed by atoms with van der Waals surface area (Å²) < 4.78 is 30.0. The number of rotatable bonds is 10. The monoisotopic (exact) mass is 481 g/mol. The maximum atomic E-state index is 12.8. The van der Waals surface area contributed by atoms with E-state index in [9.17, 15) is 18.0 Å². The summed E-state index contributed by atoms with van der Waals surface area (Å²) in [6, 6.07) is 20.3. The van der Waals surface area contributed by atoms with E-state index in [1.807, 2.05) is 54.6 Å². The molecule has 0 saturated heterocycles. The zero-order valence-electron chi connectivity index (χ0n) is 19.0. The van der Waals surface area contributed by atoms with E-state index in [2.05, 4.69) is 15.0 Å². The number of pyridine rings is 1. The molecule has 0 aliphatic rings. The van der Waals surface area contributed by atoms with Crippen LogP contribution in [0.5, 0.6) is 0 Å². The van der Waals surface area contributed by atoms with Crippen molar-refractivity contribution in [3.63, 3.8) is 0 Å². The molecule has 3 rings (SSSR count). The highest BCUT2D eigenvalue weighted by molar-refractivity contribution is 7.92. The molecular formula is C25H27N3O5S. The summed E-state index contributed by atoms with van der Waals surface area (Å²) in [4.78, 5) is 28.9. The van der Waals surface area contributed by atoms with Crippen LogP contribution in [0.3, 0.4) is 0 Å². The second-order valence-corrected chi connectivity index (χ2v) is 9.50. The number of carbonyl (C=O) groups excluding carboxylic acids is 2. The Morgan fingerprint density at radius 1 is 0.971 bits per heavy atom. The maximum Gasteiger partial charge on any atom is 0.307 e.